The van der Waals surface area contributed by atoms with E-state index in [1.54, 1.807) is 33.0 Å². The van der Waals surface area contributed by atoms with Gasteiger partial charge in [0.2, 0.25) is 11.8 Å². The number of ether oxygens (including phenoxy) is 2. The molecule has 2 atom stereocenters. The highest BCUT2D eigenvalue weighted by atomic mass is 19.4. The van der Waals surface area contributed by atoms with Crippen LogP contribution in [0.15, 0.2) is 18.5 Å². The van der Waals surface area contributed by atoms with Crippen molar-refractivity contribution in [1.29, 1.82) is 0 Å². The molecule has 1 saturated carbocycles. The topological polar surface area (TPSA) is 115 Å². The first-order valence-electron chi connectivity index (χ1n) is 14.4. The smallest absolute Gasteiger partial charge is 0.417 e. The Balaban J connectivity index is 0.000000572. The van der Waals surface area contributed by atoms with Crippen LogP contribution in [-0.4, -0.2) is 66.9 Å². The number of hydrogen-bond donors (Lipinski definition) is 1. The number of carbonyl (C=O) groups excluding carboxylic acids is 3. The Kier molecular flexibility index (Phi) is 10.5. The summed E-state index contributed by atoms with van der Waals surface area (Å²) >= 11 is 0. The second kappa shape index (κ2) is 13.2. The molecule has 3 amide bonds. The Labute approximate surface area is 252 Å². The van der Waals surface area contributed by atoms with E-state index in [1.165, 1.54) is 31.5 Å². The first-order chi connectivity index (χ1) is 20.1. The lowest BCUT2D eigenvalue weighted by atomic mass is 9.97. The fraction of sp³-hybridized carbons (Fsp3) is 0.690. The van der Waals surface area contributed by atoms with Crippen LogP contribution in [0.1, 0.15) is 91.3 Å². The average Bonchev–Trinajstić information content (AvgIpc) is 3.41. The molecule has 2 aromatic rings. The minimum atomic E-state index is -4.79. The Morgan fingerprint density at radius 1 is 1.02 bits per heavy atom. The summed E-state index contributed by atoms with van der Waals surface area (Å²) in [6.07, 6.45) is -1.69. The van der Waals surface area contributed by atoms with Crippen LogP contribution in [0.3, 0.4) is 0 Å². The molecule has 1 N–H and O–H groups in total. The molecule has 0 bridgehead atoms. The number of carbonyl (C=O) groups is 3. The van der Waals surface area contributed by atoms with E-state index in [4.69, 9.17) is 9.47 Å². The van der Waals surface area contributed by atoms with Gasteiger partial charge >= 0.3 is 18.4 Å². The zero-order valence-corrected chi connectivity index (χ0v) is 25.8. The lowest BCUT2D eigenvalue weighted by Crippen LogP contribution is -2.48. The average molecular weight is 634 g/mol. The standard InChI is InChI=1S/C23H30F3N5O5.C6H10F2/c1-21(2,3)35-19(33)27-11-15-12-30-17(29-15)8-13(10-28-30)7-14-9-16(23(24,25)26)31(18(14)32)20(34)36-22(4,5)6;7-6(8)4-2-1-3-5-6/h8,10,12,14,16H,7,9,11H2,1-6H3,(H,27,33);1-5H2. The normalized spacial score (nSPS) is 20.6. The fourth-order valence-electron chi connectivity index (χ4n) is 4.80. The summed E-state index contributed by atoms with van der Waals surface area (Å²) in [7, 11) is 0. The van der Waals surface area contributed by atoms with Crippen molar-refractivity contribution in [2.75, 3.05) is 0 Å². The fourth-order valence-corrected chi connectivity index (χ4v) is 4.80. The molecule has 1 aliphatic heterocycles. The Morgan fingerprint density at radius 2 is 1.64 bits per heavy atom. The van der Waals surface area contributed by atoms with Crippen molar-refractivity contribution in [1.82, 2.24) is 24.8 Å². The van der Waals surface area contributed by atoms with Crippen LogP contribution >= 0.6 is 0 Å². The molecular formula is C29H40F5N5O5. The molecule has 246 valence electrons. The van der Waals surface area contributed by atoms with Crippen molar-refractivity contribution in [3.63, 3.8) is 0 Å². The number of alkyl carbamates (subject to hydrolysis) is 1. The van der Waals surface area contributed by atoms with E-state index in [1.807, 2.05) is 0 Å². The predicted molar refractivity (Wildman–Crippen MR) is 149 cm³/mol. The number of imidazole rings is 1. The van der Waals surface area contributed by atoms with Gasteiger partial charge in [-0.3, -0.25) is 4.79 Å². The number of alkyl halides is 5. The molecule has 3 heterocycles. The lowest BCUT2D eigenvalue weighted by molar-refractivity contribution is -0.177. The van der Waals surface area contributed by atoms with Crippen molar-refractivity contribution < 1.29 is 45.8 Å². The second-order valence-corrected chi connectivity index (χ2v) is 13.1. The first-order valence-corrected chi connectivity index (χ1v) is 14.4. The number of nitrogens with one attached hydrogen (secondary N) is 1. The molecule has 0 aromatic carbocycles. The Hall–Kier alpha value is -3.52. The van der Waals surface area contributed by atoms with Gasteiger partial charge in [0, 0.05) is 18.8 Å². The van der Waals surface area contributed by atoms with E-state index in [-0.39, 0.29) is 30.7 Å². The maximum Gasteiger partial charge on any atom is 0.417 e. The van der Waals surface area contributed by atoms with Crippen molar-refractivity contribution in [3.05, 3.63) is 29.7 Å². The summed E-state index contributed by atoms with van der Waals surface area (Å²) < 4.78 is 77.0. The SMILES string of the molecule is CC(C)(C)OC(=O)NCc1cn2ncc(CC3CC(C(F)(F)F)N(C(=O)OC(C)(C)C)C3=O)cc2n1.FC1(F)CCCCC1. The van der Waals surface area contributed by atoms with Gasteiger partial charge in [-0.15, -0.1) is 0 Å². The highest BCUT2D eigenvalue weighted by Crippen LogP contribution is 2.38. The second-order valence-electron chi connectivity index (χ2n) is 13.1. The van der Waals surface area contributed by atoms with Crippen molar-refractivity contribution in [2.45, 2.75) is 122 Å². The van der Waals surface area contributed by atoms with Crippen LogP contribution in [0, 0.1) is 5.92 Å². The molecule has 2 fully saturated rings. The highest BCUT2D eigenvalue weighted by molar-refractivity contribution is 5.96. The Morgan fingerprint density at radius 3 is 2.16 bits per heavy atom. The quantitative estimate of drug-likeness (QED) is 0.378. The number of aromatic nitrogens is 3. The molecule has 2 aromatic heterocycles. The molecule has 0 radical (unpaired) electrons. The van der Waals surface area contributed by atoms with Crippen molar-refractivity contribution in [2.24, 2.45) is 5.92 Å². The molecule has 1 aliphatic carbocycles. The van der Waals surface area contributed by atoms with E-state index in [9.17, 15) is 36.3 Å². The van der Waals surface area contributed by atoms with E-state index < -0.39 is 59.8 Å². The molecule has 4 rings (SSSR count). The van der Waals surface area contributed by atoms with Gasteiger partial charge in [0.05, 0.1) is 24.6 Å². The molecule has 1 saturated heterocycles. The first kappa shape index (κ1) is 35.0. The van der Waals surface area contributed by atoms with Gasteiger partial charge in [-0.1, -0.05) is 6.42 Å². The van der Waals surface area contributed by atoms with E-state index >= 15 is 0 Å². The van der Waals surface area contributed by atoms with Gasteiger partial charge in [-0.25, -0.2) is 32.8 Å². The van der Waals surface area contributed by atoms with Crippen LogP contribution < -0.4 is 5.32 Å². The molecule has 15 heteroatoms. The minimum Gasteiger partial charge on any atom is -0.444 e. The van der Waals surface area contributed by atoms with E-state index in [0.717, 1.165) is 6.42 Å². The van der Waals surface area contributed by atoms with Crippen LogP contribution in [0.5, 0.6) is 0 Å². The number of likely N-dealkylation sites (tertiary alicyclic amines) is 1. The number of nitrogens with zero attached hydrogens (tertiary/aromatic N) is 4. The Bertz CT molecular complexity index is 1320. The van der Waals surface area contributed by atoms with Crippen molar-refractivity contribution in [3.8, 4) is 0 Å². The molecular weight excluding hydrogens is 593 g/mol. The summed E-state index contributed by atoms with van der Waals surface area (Å²) in [5.74, 6) is -4.35. The van der Waals surface area contributed by atoms with Gasteiger partial charge in [0.25, 0.3) is 0 Å². The zero-order valence-electron chi connectivity index (χ0n) is 25.8. The number of hydrogen-bond acceptors (Lipinski definition) is 7. The van der Waals surface area contributed by atoms with Crippen LogP contribution in [0.4, 0.5) is 31.5 Å². The third-order valence-electron chi connectivity index (χ3n) is 6.68. The molecule has 2 unspecified atom stereocenters. The largest absolute Gasteiger partial charge is 0.444 e. The van der Waals surface area contributed by atoms with Gasteiger partial charge in [0.1, 0.15) is 17.2 Å². The highest BCUT2D eigenvalue weighted by Gasteiger charge is 2.56. The third kappa shape index (κ3) is 10.3. The van der Waals surface area contributed by atoms with E-state index in [0.29, 0.717) is 29.7 Å². The maximum absolute atomic E-state index is 13.7. The molecule has 44 heavy (non-hydrogen) atoms. The number of amides is 3. The van der Waals surface area contributed by atoms with Gasteiger partial charge in [-0.2, -0.15) is 18.3 Å². The summed E-state index contributed by atoms with van der Waals surface area (Å²) in [6, 6.07) is -0.672. The number of fused-ring (bicyclic) bond motifs is 1. The molecule has 0 spiro atoms. The van der Waals surface area contributed by atoms with Gasteiger partial charge in [0.15, 0.2) is 5.65 Å². The number of halogens is 5. The molecule has 10 nitrogen and oxygen atoms in total. The summed E-state index contributed by atoms with van der Waals surface area (Å²) in [6.45, 7) is 9.81. The summed E-state index contributed by atoms with van der Waals surface area (Å²) in [4.78, 5) is 41.6. The lowest BCUT2D eigenvalue weighted by Gasteiger charge is -2.28. The van der Waals surface area contributed by atoms with Gasteiger partial charge < -0.3 is 14.8 Å². The third-order valence-corrected chi connectivity index (χ3v) is 6.68. The van der Waals surface area contributed by atoms with Crippen LogP contribution in [0.2, 0.25) is 0 Å². The molecule has 2 aliphatic rings. The summed E-state index contributed by atoms with van der Waals surface area (Å²) in [5, 5.41) is 6.78. The number of rotatable bonds is 4. The predicted octanol–water partition coefficient (Wildman–Crippen LogP) is 6.60. The van der Waals surface area contributed by atoms with Gasteiger partial charge in [-0.05, 0) is 78.9 Å². The van der Waals surface area contributed by atoms with Crippen LogP contribution in [0.25, 0.3) is 5.65 Å². The summed E-state index contributed by atoms with van der Waals surface area (Å²) in [5.41, 5.74) is -0.366. The monoisotopic (exact) mass is 633 g/mol. The maximum atomic E-state index is 13.7. The zero-order chi connectivity index (χ0) is 33.1. The number of imide groups is 1. The van der Waals surface area contributed by atoms with Crippen LogP contribution in [-0.2, 0) is 27.2 Å². The van der Waals surface area contributed by atoms with E-state index in [2.05, 4.69) is 15.4 Å². The van der Waals surface area contributed by atoms with Crippen molar-refractivity contribution >= 4 is 23.7 Å². The minimum absolute atomic E-state index is 0.0629.